The van der Waals surface area contributed by atoms with E-state index < -0.39 is 10.3 Å². The second-order valence-corrected chi connectivity index (χ2v) is 5.86. The first kappa shape index (κ1) is 25.8. The maximum atomic E-state index is 7.56. The van der Waals surface area contributed by atoms with E-state index >= 15 is 0 Å². The molecule has 0 saturated carbocycles. The monoisotopic (exact) mass is 423 g/mol. The molecule has 5 nitrogen and oxygen atoms in total. The molecule has 3 rings (SSSR count). The van der Waals surface area contributed by atoms with Crippen LogP contribution in [0.25, 0.3) is 0 Å². The van der Waals surface area contributed by atoms with Crippen molar-refractivity contribution in [2.24, 2.45) is 11.5 Å². The van der Waals surface area contributed by atoms with Crippen LogP contribution in [0.2, 0.25) is 0 Å². The van der Waals surface area contributed by atoms with Gasteiger partial charge in [0.25, 0.3) is 10.3 Å². The van der Waals surface area contributed by atoms with E-state index in [4.69, 9.17) is 10.2 Å². The van der Waals surface area contributed by atoms with Gasteiger partial charge in [-0.3, -0.25) is 0 Å². The average Bonchev–Trinajstić information content (AvgIpc) is 2.64. The number of thiocarbonyl (C=S) groups is 2. The number of nitrogens with two attached hydrogens (primary N) is 2. The van der Waals surface area contributed by atoms with Gasteiger partial charge >= 0.3 is 29.6 Å². The molecule has 0 aliphatic carbocycles. The van der Waals surface area contributed by atoms with Crippen molar-refractivity contribution >= 4 is 81.4 Å². The van der Waals surface area contributed by atoms with Crippen LogP contribution in [-0.4, -0.2) is 50.1 Å². The summed E-state index contributed by atoms with van der Waals surface area (Å²) in [5, 5.41) is 14.1. The van der Waals surface area contributed by atoms with Crippen LogP contribution < -0.4 is 16.4 Å². The van der Waals surface area contributed by atoms with Crippen molar-refractivity contribution < 1.29 is 10.2 Å². The number of aliphatic hydroxyl groups excluding tert-OH is 2. The third kappa shape index (κ3) is 10.9. The van der Waals surface area contributed by atoms with Crippen LogP contribution in [0.3, 0.4) is 0 Å². The Bertz CT molecular complexity index is 709. The molecule has 0 bridgehead atoms. The van der Waals surface area contributed by atoms with Crippen molar-refractivity contribution in [2.45, 2.75) is 0 Å². The van der Waals surface area contributed by atoms with E-state index in [0.29, 0.717) is 0 Å². The van der Waals surface area contributed by atoms with Gasteiger partial charge in [-0.25, -0.2) is 0 Å². The van der Waals surface area contributed by atoms with Crippen molar-refractivity contribution in [1.29, 1.82) is 0 Å². The number of anilines is 3. The molecule has 0 radical (unpaired) electrons. The van der Waals surface area contributed by atoms with Gasteiger partial charge in [-0.15, -0.1) is 0 Å². The van der Waals surface area contributed by atoms with Crippen molar-refractivity contribution in [3.63, 3.8) is 0 Å². The first-order chi connectivity index (χ1) is 12.9. The Labute approximate surface area is 197 Å². The quantitative estimate of drug-likeness (QED) is 0.372. The Balaban J connectivity index is 0.000000697. The third-order valence-corrected chi connectivity index (χ3v) is 3.04. The van der Waals surface area contributed by atoms with Gasteiger partial charge in [0.2, 0.25) is 0 Å². The van der Waals surface area contributed by atoms with Gasteiger partial charge in [0.1, 0.15) is 0 Å². The predicted octanol–water partition coefficient (Wildman–Crippen LogP) is 4.08. The molecule has 0 aromatic heterocycles. The summed E-state index contributed by atoms with van der Waals surface area (Å²) < 4.78 is 0. The van der Waals surface area contributed by atoms with Crippen molar-refractivity contribution in [3.05, 3.63) is 91.0 Å². The van der Waals surface area contributed by atoms with Crippen LogP contribution in [-0.2, 0) is 0 Å². The summed E-state index contributed by atoms with van der Waals surface area (Å²) in [6.07, 6.45) is 0. The summed E-state index contributed by atoms with van der Waals surface area (Å²) in [5.41, 5.74) is 12.3. The fourth-order valence-electron chi connectivity index (χ4n) is 2.18. The summed E-state index contributed by atoms with van der Waals surface area (Å²) in [6.45, 7) is 0. The third-order valence-electron chi connectivity index (χ3n) is 3.04. The first-order valence-corrected chi connectivity index (χ1v) is 8.65. The number of hydrogen-bond acceptors (Lipinski definition) is 3. The molecular formula is C20H22N3NaO2S2. The molecule has 0 spiro atoms. The Kier molecular flexibility index (Phi) is 13.7. The summed E-state index contributed by atoms with van der Waals surface area (Å²) in [4.78, 5) is 2.25. The van der Waals surface area contributed by atoms with Crippen LogP contribution in [0.4, 0.5) is 17.1 Å². The molecule has 6 N–H and O–H groups in total. The molecule has 8 heteroatoms. The maximum Gasteiger partial charge on any atom is 0.0461 e. The normalized spacial score (nSPS) is 8.57. The Morgan fingerprint density at radius 2 is 0.750 bits per heavy atom. The number of nitrogens with zero attached hydrogens (tertiary/aromatic N) is 1. The van der Waals surface area contributed by atoms with Gasteiger partial charge in [0.15, 0.2) is 0 Å². The first-order valence-electron chi connectivity index (χ1n) is 7.84. The van der Waals surface area contributed by atoms with E-state index in [2.05, 4.69) is 114 Å². The molecule has 3 aromatic carbocycles. The smallest absolute Gasteiger partial charge is 0.0461 e. The summed E-state index contributed by atoms with van der Waals surface area (Å²) in [5.74, 6) is 0. The summed E-state index contributed by atoms with van der Waals surface area (Å²) in [7, 11) is 0. The van der Waals surface area contributed by atoms with E-state index in [9.17, 15) is 0 Å². The van der Waals surface area contributed by atoms with Crippen LogP contribution in [0, 0.1) is 0 Å². The molecule has 0 atom stereocenters. The van der Waals surface area contributed by atoms with E-state index in [0.717, 1.165) is 0 Å². The van der Waals surface area contributed by atoms with Crippen molar-refractivity contribution in [3.8, 4) is 0 Å². The zero-order chi connectivity index (χ0) is 20.1. The Morgan fingerprint density at radius 1 is 0.571 bits per heavy atom. The number of para-hydroxylation sites is 3. The van der Waals surface area contributed by atoms with Gasteiger partial charge in [0, 0.05) is 17.1 Å². The largest absolute Gasteiger partial charge is 0.311 e. The van der Waals surface area contributed by atoms with Gasteiger partial charge in [-0.1, -0.05) is 54.6 Å². The standard InChI is InChI=1S/C18H15N.2CH3NOS.Na.H/c1-4-10-16(11-5-1)19(17-12-6-2-7-13-17)18-14-8-3-9-15-18;2*2-1(3)4;;/h1-15H;2*(H3,2,3,4);;. The number of rotatable bonds is 3. The second kappa shape index (κ2) is 14.8. The second-order valence-electron chi connectivity index (χ2n) is 5.02. The van der Waals surface area contributed by atoms with Gasteiger partial charge < -0.3 is 26.6 Å². The SMILES string of the molecule is NC(O)=S.NC(O)=S.[NaH].c1ccc(N(c2ccccc2)c2ccccc2)cc1. The molecule has 0 unspecified atom stereocenters. The fourth-order valence-corrected chi connectivity index (χ4v) is 2.18. The zero-order valence-corrected chi connectivity index (χ0v) is 16.1. The number of benzene rings is 3. The van der Waals surface area contributed by atoms with Gasteiger partial charge in [-0.2, -0.15) is 0 Å². The molecule has 142 valence electrons. The van der Waals surface area contributed by atoms with Crippen LogP contribution >= 0.6 is 24.4 Å². The van der Waals surface area contributed by atoms with Crippen molar-refractivity contribution in [1.82, 2.24) is 0 Å². The average molecular weight is 424 g/mol. The molecule has 0 amide bonds. The zero-order valence-electron chi connectivity index (χ0n) is 14.5. The molecule has 0 heterocycles. The van der Waals surface area contributed by atoms with Gasteiger partial charge in [0.05, 0.1) is 0 Å². The Hall–Kier alpha value is -2.16. The summed E-state index contributed by atoms with van der Waals surface area (Å²) >= 11 is 7.74. The maximum absolute atomic E-state index is 7.56. The minimum absolute atomic E-state index is 0. The molecule has 3 aromatic rings. The molecule has 0 aliphatic rings. The van der Waals surface area contributed by atoms with Crippen LogP contribution in [0.1, 0.15) is 0 Å². The minimum Gasteiger partial charge on any atom is -0.311 e. The molecule has 28 heavy (non-hydrogen) atoms. The van der Waals surface area contributed by atoms with Crippen molar-refractivity contribution in [2.75, 3.05) is 4.90 Å². The fraction of sp³-hybridized carbons (Fsp3) is 0. The predicted molar refractivity (Wildman–Crippen MR) is 127 cm³/mol. The number of aliphatic hydroxyl groups is 2. The van der Waals surface area contributed by atoms with Crippen LogP contribution in [0.15, 0.2) is 91.0 Å². The topological polar surface area (TPSA) is 95.7 Å². The Morgan fingerprint density at radius 3 is 0.929 bits per heavy atom. The van der Waals surface area contributed by atoms with E-state index in [1.807, 2.05) is 18.2 Å². The van der Waals surface area contributed by atoms with E-state index in [1.165, 1.54) is 17.1 Å². The molecule has 0 fully saturated rings. The van der Waals surface area contributed by atoms with Gasteiger partial charge in [-0.05, 0) is 60.8 Å². The van der Waals surface area contributed by atoms with E-state index in [1.54, 1.807) is 0 Å². The molecular weight excluding hydrogens is 401 g/mol. The van der Waals surface area contributed by atoms with E-state index in [-0.39, 0.29) is 29.6 Å². The minimum atomic E-state index is -0.500. The molecule has 0 saturated heterocycles. The van der Waals surface area contributed by atoms with Crippen LogP contribution in [0.5, 0.6) is 0 Å². The molecule has 0 aliphatic heterocycles. The number of hydrogen-bond donors (Lipinski definition) is 4. The summed E-state index contributed by atoms with van der Waals surface area (Å²) in [6, 6.07) is 31.3.